The number of ether oxygens (including phenoxy) is 1. The number of carbonyl (C=O) groups excluding carboxylic acids is 1. The Hall–Kier alpha value is -2.78. The quantitative estimate of drug-likeness (QED) is 0.477. The Bertz CT molecular complexity index is 1330. The molecule has 2 aliphatic rings. The summed E-state index contributed by atoms with van der Waals surface area (Å²) >= 11 is 0. The van der Waals surface area contributed by atoms with Crippen LogP contribution in [0.3, 0.4) is 0 Å². The van der Waals surface area contributed by atoms with E-state index in [0.717, 1.165) is 23.9 Å². The third-order valence-corrected chi connectivity index (χ3v) is 9.34. The van der Waals surface area contributed by atoms with Crippen molar-refractivity contribution in [3.63, 3.8) is 0 Å². The van der Waals surface area contributed by atoms with Crippen molar-refractivity contribution < 1.29 is 17.9 Å². The van der Waals surface area contributed by atoms with Gasteiger partial charge in [0.25, 0.3) is 0 Å². The van der Waals surface area contributed by atoms with Crippen LogP contribution in [0.2, 0.25) is 0 Å². The standard InChI is InChI=1S/C28H33N3O4S/c1-22(32)35-28(2)21-29(19-23-9-4-3-5-10-23)20-27(28)30-15-17-31(18-16-30)36(33,34)26-14-8-12-24-11-6-7-13-25(24)26/h3-14,27H,15-21H2,1-2H3/t27-,28+/m1/s1. The first-order valence-electron chi connectivity index (χ1n) is 12.4. The molecule has 3 aromatic carbocycles. The number of likely N-dealkylation sites (tertiary alicyclic amines) is 1. The Kier molecular flexibility index (Phi) is 6.87. The zero-order chi connectivity index (χ0) is 25.3. The van der Waals surface area contributed by atoms with Crippen LogP contribution in [0.25, 0.3) is 10.8 Å². The lowest BCUT2D eigenvalue weighted by atomic mass is 9.98. The van der Waals surface area contributed by atoms with Crippen molar-refractivity contribution in [1.82, 2.24) is 14.1 Å². The average Bonchev–Trinajstić information content (AvgIpc) is 3.18. The first-order valence-corrected chi connectivity index (χ1v) is 13.9. The maximum absolute atomic E-state index is 13.6. The van der Waals surface area contributed by atoms with Gasteiger partial charge in [-0.15, -0.1) is 0 Å². The Morgan fingerprint density at radius 1 is 0.944 bits per heavy atom. The van der Waals surface area contributed by atoms with Crippen LogP contribution in [0.4, 0.5) is 0 Å². The first kappa shape index (κ1) is 24.9. The third kappa shape index (κ3) is 4.91. The molecule has 7 nitrogen and oxygen atoms in total. The molecule has 0 radical (unpaired) electrons. The number of hydrogen-bond donors (Lipinski definition) is 0. The first-order chi connectivity index (χ1) is 17.3. The number of rotatable bonds is 6. The molecule has 0 amide bonds. The molecule has 3 aromatic rings. The summed E-state index contributed by atoms with van der Waals surface area (Å²) in [4.78, 5) is 17.0. The van der Waals surface area contributed by atoms with E-state index in [1.165, 1.54) is 12.5 Å². The van der Waals surface area contributed by atoms with Crippen molar-refractivity contribution >= 4 is 26.8 Å². The second-order valence-electron chi connectivity index (χ2n) is 9.99. The molecule has 0 unspecified atom stereocenters. The highest BCUT2D eigenvalue weighted by atomic mass is 32.2. The molecule has 0 N–H and O–H groups in total. The van der Waals surface area contributed by atoms with Crippen LogP contribution in [0.15, 0.2) is 77.7 Å². The monoisotopic (exact) mass is 507 g/mol. The van der Waals surface area contributed by atoms with Gasteiger partial charge in [-0.3, -0.25) is 14.6 Å². The van der Waals surface area contributed by atoms with Gasteiger partial charge < -0.3 is 4.74 Å². The van der Waals surface area contributed by atoms with Gasteiger partial charge in [-0.1, -0.05) is 66.7 Å². The van der Waals surface area contributed by atoms with E-state index in [-0.39, 0.29) is 12.0 Å². The second-order valence-corrected chi connectivity index (χ2v) is 11.9. The highest BCUT2D eigenvalue weighted by Gasteiger charge is 2.49. The number of piperazine rings is 1. The normalized spacial score (nSPS) is 24.2. The molecule has 36 heavy (non-hydrogen) atoms. The molecule has 2 saturated heterocycles. The smallest absolute Gasteiger partial charge is 0.303 e. The Labute approximate surface area is 213 Å². The van der Waals surface area contributed by atoms with Gasteiger partial charge in [-0.05, 0) is 23.9 Å². The van der Waals surface area contributed by atoms with E-state index < -0.39 is 15.6 Å². The summed E-state index contributed by atoms with van der Waals surface area (Å²) in [5, 5.41) is 1.66. The Morgan fingerprint density at radius 2 is 1.61 bits per heavy atom. The van der Waals surface area contributed by atoms with Crippen molar-refractivity contribution in [3.05, 3.63) is 78.4 Å². The van der Waals surface area contributed by atoms with Crippen molar-refractivity contribution in [3.8, 4) is 0 Å². The summed E-state index contributed by atoms with van der Waals surface area (Å²) in [5.74, 6) is -0.291. The van der Waals surface area contributed by atoms with Crippen LogP contribution < -0.4 is 0 Å². The predicted molar refractivity (Wildman–Crippen MR) is 140 cm³/mol. The third-order valence-electron chi connectivity index (χ3n) is 7.38. The van der Waals surface area contributed by atoms with Gasteiger partial charge in [-0.2, -0.15) is 4.31 Å². The van der Waals surface area contributed by atoms with E-state index in [4.69, 9.17) is 4.74 Å². The molecule has 8 heteroatoms. The lowest BCUT2D eigenvalue weighted by Crippen LogP contribution is -2.58. The molecular weight excluding hydrogens is 474 g/mol. The maximum Gasteiger partial charge on any atom is 0.303 e. The number of hydrogen-bond acceptors (Lipinski definition) is 6. The predicted octanol–water partition coefficient (Wildman–Crippen LogP) is 3.35. The molecule has 5 rings (SSSR count). The molecule has 2 fully saturated rings. The number of esters is 1. The van der Waals surface area contributed by atoms with Crippen LogP contribution in [-0.2, 0) is 26.1 Å². The number of sulfonamides is 1. The van der Waals surface area contributed by atoms with Crippen LogP contribution in [-0.4, -0.2) is 79.4 Å². The molecule has 190 valence electrons. The number of nitrogens with zero attached hydrogens (tertiary/aromatic N) is 3. The second kappa shape index (κ2) is 9.94. The van der Waals surface area contributed by atoms with Crippen molar-refractivity contribution in [2.75, 3.05) is 39.3 Å². The summed E-state index contributed by atoms with van der Waals surface area (Å²) in [6.45, 7) is 7.61. The largest absolute Gasteiger partial charge is 0.456 e. The van der Waals surface area contributed by atoms with Gasteiger partial charge in [0, 0.05) is 58.1 Å². The summed E-state index contributed by atoms with van der Waals surface area (Å²) in [5.41, 5.74) is 0.562. The van der Waals surface area contributed by atoms with Crippen LogP contribution >= 0.6 is 0 Å². The van der Waals surface area contributed by atoms with E-state index in [1.807, 2.05) is 55.5 Å². The summed E-state index contributed by atoms with van der Waals surface area (Å²) < 4.78 is 34.7. The van der Waals surface area contributed by atoms with Crippen LogP contribution in [0.1, 0.15) is 19.4 Å². The van der Waals surface area contributed by atoms with Crippen LogP contribution in [0, 0.1) is 0 Å². The van der Waals surface area contributed by atoms with E-state index >= 15 is 0 Å². The van der Waals surface area contributed by atoms with Crippen molar-refractivity contribution in [1.29, 1.82) is 0 Å². The minimum absolute atomic E-state index is 0.00692. The molecule has 0 saturated carbocycles. The van der Waals surface area contributed by atoms with Gasteiger partial charge in [-0.25, -0.2) is 8.42 Å². The molecule has 2 aliphatic heterocycles. The summed E-state index contributed by atoms with van der Waals surface area (Å²) in [7, 11) is -3.62. The Balaban J connectivity index is 1.32. The lowest BCUT2D eigenvalue weighted by molar-refractivity contribution is -0.159. The molecule has 0 spiro atoms. The highest BCUT2D eigenvalue weighted by molar-refractivity contribution is 7.89. The van der Waals surface area contributed by atoms with Gasteiger partial charge >= 0.3 is 5.97 Å². The van der Waals surface area contributed by atoms with Crippen molar-refractivity contribution in [2.45, 2.75) is 36.9 Å². The van der Waals surface area contributed by atoms with Gasteiger partial charge in [0.1, 0.15) is 5.60 Å². The topological polar surface area (TPSA) is 70.2 Å². The summed E-state index contributed by atoms with van der Waals surface area (Å²) in [6, 6.07) is 23.3. The van der Waals surface area contributed by atoms with E-state index in [0.29, 0.717) is 37.6 Å². The fraction of sp³-hybridized carbons (Fsp3) is 0.393. The zero-order valence-corrected chi connectivity index (χ0v) is 21.7. The van der Waals surface area contributed by atoms with Gasteiger partial charge in [0.15, 0.2) is 0 Å². The van der Waals surface area contributed by atoms with E-state index in [1.54, 1.807) is 16.4 Å². The fourth-order valence-electron chi connectivity index (χ4n) is 5.76. The SMILES string of the molecule is CC(=O)O[C@@]1(C)CN(Cc2ccccc2)C[C@H]1N1CCN(S(=O)(=O)c2cccc3ccccc23)CC1. The lowest BCUT2D eigenvalue weighted by Gasteiger charge is -2.42. The number of carbonyl (C=O) groups is 1. The molecule has 2 atom stereocenters. The summed E-state index contributed by atoms with van der Waals surface area (Å²) in [6.07, 6.45) is 0. The fourth-order valence-corrected chi connectivity index (χ4v) is 7.40. The molecule has 0 aliphatic carbocycles. The van der Waals surface area contributed by atoms with Crippen molar-refractivity contribution in [2.24, 2.45) is 0 Å². The van der Waals surface area contributed by atoms with E-state index in [2.05, 4.69) is 21.9 Å². The maximum atomic E-state index is 13.6. The van der Waals surface area contributed by atoms with Gasteiger partial charge in [0.2, 0.25) is 10.0 Å². The average molecular weight is 508 g/mol. The minimum Gasteiger partial charge on any atom is -0.456 e. The van der Waals surface area contributed by atoms with Crippen LogP contribution in [0.5, 0.6) is 0 Å². The molecule has 2 heterocycles. The van der Waals surface area contributed by atoms with E-state index in [9.17, 15) is 13.2 Å². The zero-order valence-electron chi connectivity index (χ0n) is 20.8. The number of benzene rings is 3. The minimum atomic E-state index is -3.62. The number of fused-ring (bicyclic) bond motifs is 1. The van der Waals surface area contributed by atoms with Gasteiger partial charge in [0.05, 0.1) is 10.9 Å². The highest BCUT2D eigenvalue weighted by Crippen LogP contribution is 2.33. The molecular formula is C28H33N3O4S. The molecule has 0 aromatic heterocycles. The Morgan fingerprint density at radius 3 is 2.33 bits per heavy atom. The molecule has 0 bridgehead atoms.